The van der Waals surface area contributed by atoms with E-state index in [9.17, 15) is 4.39 Å². The number of ether oxygens (including phenoxy) is 1. The van der Waals surface area contributed by atoms with Crippen molar-refractivity contribution in [2.24, 2.45) is 0 Å². The number of hydrogen-bond acceptors (Lipinski definition) is 2. The van der Waals surface area contributed by atoms with E-state index in [0.717, 1.165) is 25.2 Å². The Hall–Kier alpha value is -0.450. The normalized spacial score (nSPS) is 24.9. The van der Waals surface area contributed by atoms with Gasteiger partial charge in [-0.3, -0.25) is 0 Å². The third kappa shape index (κ3) is 2.81. The van der Waals surface area contributed by atoms with E-state index >= 15 is 0 Å². The minimum atomic E-state index is -0.216. The van der Waals surface area contributed by atoms with Crippen molar-refractivity contribution in [3.05, 3.63) is 34.1 Å². The summed E-state index contributed by atoms with van der Waals surface area (Å²) < 4.78 is 19.1. The summed E-state index contributed by atoms with van der Waals surface area (Å²) in [6.45, 7) is 4.34. The Morgan fingerprint density at radius 2 is 2.38 bits per heavy atom. The first kappa shape index (κ1) is 12.0. The summed E-state index contributed by atoms with van der Waals surface area (Å²) in [5.41, 5.74) is 0.984. The van der Waals surface area contributed by atoms with Gasteiger partial charge in [0.1, 0.15) is 5.82 Å². The van der Waals surface area contributed by atoms with E-state index in [0.29, 0.717) is 11.0 Å². The van der Waals surface area contributed by atoms with Crippen LogP contribution < -0.4 is 5.32 Å². The molecule has 0 amide bonds. The van der Waals surface area contributed by atoms with Gasteiger partial charge < -0.3 is 10.1 Å². The Morgan fingerprint density at radius 1 is 1.56 bits per heavy atom. The van der Waals surface area contributed by atoms with Crippen LogP contribution in [-0.2, 0) is 11.3 Å². The van der Waals surface area contributed by atoms with E-state index in [1.54, 1.807) is 12.1 Å². The smallest absolute Gasteiger partial charge is 0.137 e. The van der Waals surface area contributed by atoms with Crippen LogP contribution in [0.3, 0.4) is 0 Å². The van der Waals surface area contributed by atoms with Crippen LogP contribution in [0.1, 0.15) is 18.9 Å². The van der Waals surface area contributed by atoms with Gasteiger partial charge in [-0.1, -0.05) is 6.07 Å². The number of rotatable bonds is 3. The second kappa shape index (κ2) is 4.82. The molecule has 0 aliphatic carbocycles. The van der Waals surface area contributed by atoms with Gasteiger partial charge in [-0.2, -0.15) is 0 Å². The first-order chi connectivity index (χ1) is 7.59. The first-order valence-corrected chi connectivity index (χ1v) is 6.15. The van der Waals surface area contributed by atoms with Crippen molar-refractivity contribution in [1.29, 1.82) is 0 Å². The van der Waals surface area contributed by atoms with Gasteiger partial charge in [0.05, 0.1) is 11.1 Å². The molecule has 1 fully saturated rings. The average Bonchev–Trinajstić information content (AvgIpc) is 2.68. The molecule has 1 aliphatic rings. The lowest BCUT2D eigenvalue weighted by atomic mass is 10.0. The first-order valence-electron chi connectivity index (χ1n) is 5.36. The van der Waals surface area contributed by atoms with Crippen LogP contribution in [0.4, 0.5) is 4.39 Å². The summed E-state index contributed by atoms with van der Waals surface area (Å²) >= 11 is 3.14. The second-order valence-corrected chi connectivity index (χ2v) is 5.32. The van der Waals surface area contributed by atoms with Crippen LogP contribution in [0, 0.1) is 5.82 Å². The Morgan fingerprint density at radius 3 is 3.00 bits per heavy atom. The molecule has 1 N–H and O–H groups in total. The van der Waals surface area contributed by atoms with E-state index in [4.69, 9.17) is 4.74 Å². The molecule has 1 heterocycles. The molecule has 0 aromatic heterocycles. The summed E-state index contributed by atoms with van der Waals surface area (Å²) in [6, 6.07) is 5.20. The fourth-order valence-electron chi connectivity index (χ4n) is 1.77. The standard InChI is InChI=1S/C12H15BrFNO/c1-12(4-5-16-8-12)15-7-9-2-3-10(13)11(14)6-9/h2-3,6,15H,4-5,7-8H2,1H3. The number of hydrogen-bond donors (Lipinski definition) is 1. The number of benzene rings is 1. The highest BCUT2D eigenvalue weighted by atomic mass is 79.9. The van der Waals surface area contributed by atoms with Gasteiger partial charge in [-0.15, -0.1) is 0 Å². The predicted molar refractivity (Wildman–Crippen MR) is 64.8 cm³/mol. The highest BCUT2D eigenvalue weighted by Gasteiger charge is 2.28. The van der Waals surface area contributed by atoms with E-state index in [1.165, 1.54) is 0 Å². The molecule has 0 spiro atoms. The zero-order valence-corrected chi connectivity index (χ0v) is 10.8. The van der Waals surface area contributed by atoms with Gasteiger partial charge in [0.25, 0.3) is 0 Å². The van der Waals surface area contributed by atoms with Crippen molar-refractivity contribution in [1.82, 2.24) is 5.32 Å². The van der Waals surface area contributed by atoms with Gasteiger partial charge in [0.2, 0.25) is 0 Å². The third-order valence-corrected chi connectivity index (χ3v) is 3.57. The molecule has 1 unspecified atom stereocenters. The van der Waals surface area contributed by atoms with E-state index in [-0.39, 0.29) is 11.4 Å². The molecule has 2 rings (SSSR count). The van der Waals surface area contributed by atoms with Gasteiger partial charge in [-0.05, 0) is 47.0 Å². The predicted octanol–water partition coefficient (Wildman–Crippen LogP) is 2.86. The van der Waals surface area contributed by atoms with Crippen molar-refractivity contribution in [2.45, 2.75) is 25.4 Å². The molecule has 88 valence electrons. The minimum Gasteiger partial charge on any atom is -0.379 e. The molecule has 0 radical (unpaired) electrons. The van der Waals surface area contributed by atoms with E-state index < -0.39 is 0 Å². The average molecular weight is 288 g/mol. The topological polar surface area (TPSA) is 21.3 Å². The van der Waals surface area contributed by atoms with Crippen LogP contribution in [0.15, 0.2) is 22.7 Å². The Balaban J connectivity index is 1.96. The zero-order chi connectivity index (χ0) is 11.6. The van der Waals surface area contributed by atoms with Gasteiger partial charge in [-0.25, -0.2) is 4.39 Å². The quantitative estimate of drug-likeness (QED) is 0.923. The maximum Gasteiger partial charge on any atom is 0.137 e. The lowest BCUT2D eigenvalue weighted by Gasteiger charge is -2.23. The zero-order valence-electron chi connectivity index (χ0n) is 9.22. The molecule has 0 saturated carbocycles. The van der Waals surface area contributed by atoms with Gasteiger partial charge in [0.15, 0.2) is 0 Å². The van der Waals surface area contributed by atoms with Crippen LogP contribution in [-0.4, -0.2) is 18.8 Å². The molecule has 1 saturated heterocycles. The highest BCUT2D eigenvalue weighted by Crippen LogP contribution is 2.20. The molecule has 16 heavy (non-hydrogen) atoms. The van der Waals surface area contributed by atoms with Crippen molar-refractivity contribution in [3.8, 4) is 0 Å². The largest absolute Gasteiger partial charge is 0.379 e. The Bertz CT molecular complexity index is 377. The monoisotopic (exact) mass is 287 g/mol. The van der Waals surface area contributed by atoms with E-state index in [2.05, 4.69) is 28.2 Å². The lowest BCUT2D eigenvalue weighted by molar-refractivity contribution is 0.171. The maximum absolute atomic E-state index is 13.3. The third-order valence-electron chi connectivity index (χ3n) is 2.92. The number of halogens is 2. The summed E-state index contributed by atoms with van der Waals surface area (Å²) in [5.74, 6) is -0.216. The Kier molecular flexibility index (Phi) is 3.62. The molecular weight excluding hydrogens is 273 g/mol. The van der Waals surface area contributed by atoms with Crippen molar-refractivity contribution in [3.63, 3.8) is 0 Å². The SMILES string of the molecule is CC1(NCc2ccc(Br)c(F)c2)CCOC1. The van der Waals surface area contributed by atoms with Gasteiger partial charge in [0, 0.05) is 18.7 Å². The summed E-state index contributed by atoms with van der Waals surface area (Å²) in [4.78, 5) is 0. The summed E-state index contributed by atoms with van der Waals surface area (Å²) in [5, 5.41) is 3.41. The highest BCUT2D eigenvalue weighted by molar-refractivity contribution is 9.10. The molecule has 1 atom stereocenters. The molecule has 2 nitrogen and oxygen atoms in total. The van der Waals surface area contributed by atoms with Crippen molar-refractivity contribution >= 4 is 15.9 Å². The minimum absolute atomic E-state index is 0.0313. The lowest BCUT2D eigenvalue weighted by Crippen LogP contribution is -2.42. The molecule has 1 aliphatic heterocycles. The summed E-state index contributed by atoms with van der Waals surface area (Å²) in [6.07, 6.45) is 1.01. The number of nitrogens with one attached hydrogen (secondary N) is 1. The maximum atomic E-state index is 13.3. The van der Waals surface area contributed by atoms with Gasteiger partial charge >= 0.3 is 0 Å². The van der Waals surface area contributed by atoms with Crippen LogP contribution in [0.5, 0.6) is 0 Å². The Labute approximate surface area is 103 Å². The van der Waals surface area contributed by atoms with Crippen molar-refractivity contribution < 1.29 is 9.13 Å². The summed E-state index contributed by atoms with van der Waals surface area (Å²) in [7, 11) is 0. The van der Waals surface area contributed by atoms with E-state index in [1.807, 2.05) is 6.07 Å². The van der Waals surface area contributed by atoms with Crippen LogP contribution in [0.2, 0.25) is 0 Å². The molecule has 4 heteroatoms. The fourth-order valence-corrected chi connectivity index (χ4v) is 2.02. The second-order valence-electron chi connectivity index (χ2n) is 4.47. The van der Waals surface area contributed by atoms with Crippen LogP contribution >= 0.6 is 15.9 Å². The molecule has 1 aromatic carbocycles. The molecular formula is C12H15BrFNO. The van der Waals surface area contributed by atoms with Crippen LogP contribution in [0.25, 0.3) is 0 Å². The van der Waals surface area contributed by atoms with Crippen molar-refractivity contribution in [2.75, 3.05) is 13.2 Å². The fraction of sp³-hybridized carbons (Fsp3) is 0.500. The molecule has 0 bridgehead atoms. The molecule has 1 aromatic rings.